The number of rotatable bonds is 7. The van der Waals surface area contributed by atoms with Crippen LogP contribution in [0.4, 0.5) is 0 Å². The summed E-state index contributed by atoms with van der Waals surface area (Å²) in [6.45, 7) is 8.18. The van der Waals surface area contributed by atoms with Crippen molar-refractivity contribution in [2.45, 2.75) is 57.8 Å². The van der Waals surface area contributed by atoms with Gasteiger partial charge in [0.05, 0.1) is 32.5 Å². The molecular weight excluding hydrogens is 244 g/mol. The van der Waals surface area contributed by atoms with E-state index in [0.29, 0.717) is 25.2 Å². The van der Waals surface area contributed by atoms with Crippen LogP contribution in [0, 0.1) is 5.92 Å². The van der Waals surface area contributed by atoms with E-state index >= 15 is 0 Å². The fourth-order valence-electron chi connectivity index (χ4n) is 2.68. The van der Waals surface area contributed by atoms with Gasteiger partial charge in [-0.2, -0.15) is 0 Å². The van der Waals surface area contributed by atoms with E-state index in [9.17, 15) is 0 Å². The predicted molar refractivity (Wildman–Crippen MR) is 73.1 cm³/mol. The molecule has 0 radical (unpaired) electrons. The normalized spacial score (nSPS) is 23.5. The standard InChI is InChI=1S/C15H28O4/c1-13(2)5-8-16-9-10-17-14-3-6-15(7-4-14)18-11-12-19-15/h13-14H,3-12H2,1-2H3. The highest BCUT2D eigenvalue weighted by molar-refractivity contribution is 4.82. The van der Waals surface area contributed by atoms with Crippen molar-refractivity contribution < 1.29 is 18.9 Å². The van der Waals surface area contributed by atoms with Gasteiger partial charge in [-0.1, -0.05) is 13.8 Å². The largest absolute Gasteiger partial charge is 0.379 e. The van der Waals surface area contributed by atoms with Gasteiger partial charge in [-0.3, -0.25) is 0 Å². The Hall–Kier alpha value is -0.160. The van der Waals surface area contributed by atoms with Crippen molar-refractivity contribution in [3.05, 3.63) is 0 Å². The second kappa shape index (κ2) is 7.58. The molecule has 1 spiro atoms. The van der Waals surface area contributed by atoms with E-state index in [-0.39, 0.29) is 5.79 Å². The summed E-state index contributed by atoms with van der Waals surface area (Å²) in [4.78, 5) is 0. The van der Waals surface area contributed by atoms with Gasteiger partial charge in [-0.25, -0.2) is 0 Å². The second-order valence-electron chi connectivity index (χ2n) is 5.97. The first-order valence-electron chi connectivity index (χ1n) is 7.67. The Bertz CT molecular complexity index is 239. The summed E-state index contributed by atoms with van der Waals surface area (Å²) in [5, 5.41) is 0. The van der Waals surface area contributed by atoms with Crippen molar-refractivity contribution in [2.24, 2.45) is 5.92 Å². The molecule has 1 heterocycles. The Kier molecular flexibility index (Phi) is 6.07. The van der Waals surface area contributed by atoms with E-state index in [1.165, 1.54) is 0 Å². The zero-order valence-electron chi connectivity index (χ0n) is 12.4. The highest BCUT2D eigenvalue weighted by Gasteiger charge is 2.40. The molecule has 0 aromatic carbocycles. The molecule has 2 aliphatic rings. The van der Waals surface area contributed by atoms with E-state index in [2.05, 4.69) is 13.8 Å². The first-order valence-corrected chi connectivity index (χ1v) is 7.67. The Morgan fingerprint density at radius 2 is 1.74 bits per heavy atom. The van der Waals surface area contributed by atoms with Gasteiger partial charge >= 0.3 is 0 Å². The van der Waals surface area contributed by atoms with Crippen molar-refractivity contribution in [2.75, 3.05) is 33.0 Å². The topological polar surface area (TPSA) is 36.9 Å². The van der Waals surface area contributed by atoms with Crippen LogP contribution in [0.15, 0.2) is 0 Å². The molecule has 1 saturated heterocycles. The highest BCUT2D eigenvalue weighted by atomic mass is 16.7. The summed E-state index contributed by atoms with van der Waals surface area (Å²) in [6, 6.07) is 0. The average molecular weight is 272 g/mol. The van der Waals surface area contributed by atoms with E-state index in [1.54, 1.807) is 0 Å². The molecule has 0 amide bonds. The van der Waals surface area contributed by atoms with Gasteiger partial charge in [-0.05, 0) is 25.2 Å². The SMILES string of the molecule is CC(C)CCOCCOC1CCC2(CC1)OCCO2. The second-order valence-corrected chi connectivity index (χ2v) is 5.97. The third-order valence-corrected chi connectivity index (χ3v) is 3.93. The van der Waals surface area contributed by atoms with Crippen molar-refractivity contribution in [3.63, 3.8) is 0 Å². The van der Waals surface area contributed by atoms with E-state index in [4.69, 9.17) is 18.9 Å². The van der Waals surface area contributed by atoms with Crippen molar-refractivity contribution in [1.29, 1.82) is 0 Å². The number of hydrogen-bond donors (Lipinski definition) is 0. The van der Waals surface area contributed by atoms with Crippen LogP contribution < -0.4 is 0 Å². The van der Waals surface area contributed by atoms with Crippen LogP contribution in [0.1, 0.15) is 46.0 Å². The van der Waals surface area contributed by atoms with Gasteiger partial charge < -0.3 is 18.9 Å². The van der Waals surface area contributed by atoms with E-state index in [1.807, 2.05) is 0 Å². The summed E-state index contributed by atoms with van der Waals surface area (Å²) in [6.07, 6.45) is 5.48. The molecule has 19 heavy (non-hydrogen) atoms. The zero-order valence-corrected chi connectivity index (χ0v) is 12.4. The first-order chi connectivity index (χ1) is 9.20. The minimum Gasteiger partial charge on any atom is -0.379 e. The van der Waals surface area contributed by atoms with Gasteiger partial charge in [-0.15, -0.1) is 0 Å². The van der Waals surface area contributed by atoms with Crippen molar-refractivity contribution in [1.82, 2.24) is 0 Å². The van der Waals surface area contributed by atoms with Crippen LogP contribution in [-0.2, 0) is 18.9 Å². The van der Waals surface area contributed by atoms with Crippen LogP contribution in [0.5, 0.6) is 0 Å². The van der Waals surface area contributed by atoms with E-state index in [0.717, 1.165) is 51.9 Å². The lowest BCUT2D eigenvalue weighted by Gasteiger charge is -2.35. The van der Waals surface area contributed by atoms with E-state index < -0.39 is 0 Å². The summed E-state index contributed by atoms with van der Waals surface area (Å²) in [5.74, 6) is 0.440. The molecule has 0 unspecified atom stereocenters. The van der Waals surface area contributed by atoms with Gasteiger partial charge in [0.1, 0.15) is 0 Å². The Balaban J connectivity index is 1.49. The van der Waals surface area contributed by atoms with Crippen LogP contribution in [0.3, 0.4) is 0 Å². The molecule has 1 saturated carbocycles. The fourth-order valence-corrected chi connectivity index (χ4v) is 2.68. The quantitative estimate of drug-likeness (QED) is 0.668. The molecule has 1 aliphatic heterocycles. The minimum absolute atomic E-state index is 0.270. The molecule has 0 aromatic heterocycles. The molecule has 2 rings (SSSR count). The lowest BCUT2D eigenvalue weighted by Crippen LogP contribution is -2.37. The fraction of sp³-hybridized carbons (Fsp3) is 1.00. The molecule has 4 heteroatoms. The molecule has 0 atom stereocenters. The molecule has 0 bridgehead atoms. The maximum absolute atomic E-state index is 5.86. The van der Waals surface area contributed by atoms with Crippen LogP contribution in [0.25, 0.3) is 0 Å². The smallest absolute Gasteiger partial charge is 0.168 e. The molecule has 0 aromatic rings. The third-order valence-electron chi connectivity index (χ3n) is 3.93. The molecule has 1 aliphatic carbocycles. The monoisotopic (exact) mass is 272 g/mol. The van der Waals surface area contributed by atoms with Gasteiger partial charge in [0.15, 0.2) is 5.79 Å². The number of hydrogen-bond acceptors (Lipinski definition) is 4. The molecular formula is C15H28O4. The van der Waals surface area contributed by atoms with Crippen molar-refractivity contribution >= 4 is 0 Å². The summed E-state index contributed by atoms with van der Waals surface area (Å²) >= 11 is 0. The van der Waals surface area contributed by atoms with Gasteiger partial charge in [0.2, 0.25) is 0 Å². The molecule has 112 valence electrons. The summed E-state index contributed by atoms with van der Waals surface area (Å²) in [7, 11) is 0. The van der Waals surface area contributed by atoms with Crippen LogP contribution >= 0.6 is 0 Å². The van der Waals surface area contributed by atoms with Crippen LogP contribution in [-0.4, -0.2) is 44.9 Å². The predicted octanol–water partition coefficient (Wildman–Crippen LogP) is 2.75. The molecule has 2 fully saturated rings. The number of ether oxygens (including phenoxy) is 4. The maximum Gasteiger partial charge on any atom is 0.168 e. The van der Waals surface area contributed by atoms with Gasteiger partial charge in [0.25, 0.3) is 0 Å². The minimum atomic E-state index is -0.270. The molecule has 0 N–H and O–H groups in total. The summed E-state index contributed by atoms with van der Waals surface area (Å²) < 4.78 is 22.8. The average Bonchev–Trinajstić information content (AvgIpc) is 2.84. The Morgan fingerprint density at radius 1 is 1.05 bits per heavy atom. The van der Waals surface area contributed by atoms with Crippen molar-refractivity contribution in [3.8, 4) is 0 Å². The van der Waals surface area contributed by atoms with Gasteiger partial charge in [0, 0.05) is 19.4 Å². The molecule has 4 nitrogen and oxygen atoms in total. The third kappa shape index (κ3) is 5.03. The summed E-state index contributed by atoms with van der Waals surface area (Å²) in [5.41, 5.74) is 0. The lowest BCUT2D eigenvalue weighted by atomic mass is 9.92. The zero-order chi connectivity index (χ0) is 13.6. The lowest BCUT2D eigenvalue weighted by molar-refractivity contribution is -0.192. The Labute approximate surface area is 116 Å². The highest BCUT2D eigenvalue weighted by Crippen LogP contribution is 2.36. The maximum atomic E-state index is 5.86. The first kappa shape index (κ1) is 15.2. The van der Waals surface area contributed by atoms with Crippen LogP contribution in [0.2, 0.25) is 0 Å². The Morgan fingerprint density at radius 3 is 2.37 bits per heavy atom.